The molecular weight excluding hydrogens is 756 g/mol. The van der Waals surface area contributed by atoms with E-state index in [1.807, 2.05) is 34.5 Å². The summed E-state index contributed by atoms with van der Waals surface area (Å²) >= 11 is 9.30. The number of ether oxygens (including phenoxy) is 2. The van der Waals surface area contributed by atoms with Gasteiger partial charge < -0.3 is 19.7 Å². The zero-order valence-corrected chi connectivity index (χ0v) is 30.4. The molecule has 3 aromatic carbocycles. The number of esters is 1. The van der Waals surface area contributed by atoms with Crippen molar-refractivity contribution in [1.29, 1.82) is 0 Å². The number of anilines is 1. The highest BCUT2D eigenvalue weighted by Gasteiger charge is 2.42. The van der Waals surface area contributed by atoms with Gasteiger partial charge in [-0.3, -0.25) is 14.8 Å². The number of carbonyl (C=O) groups excluding carboxylic acids is 2. The number of nitrogens with zero attached hydrogens (tertiary/aromatic N) is 5. The Hall–Kier alpha value is -4.64. The Labute approximate surface area is 315 Å². The molecule has 0 radical (unpaired) electrons. The molecule has 53 heavy (non-hydrogen) atoms. The number of piperazine rings is 1. The van der Waals surface area contributed by atoms with E-state index in [4.69, 9.17) is 26.1 Å². The van der Waals surface area contributed by atoms with Crippen LogP contribution in [-0.2, 0) is 9.53 Å². The zero-order valence-electron chi connectivity index (χ0n) is 28.0. The molecule has 3 aliphatic rings. The minimum Gasteiger partial charge on any atom is -0.484 e. The fourth-order valence-electron chi connectivity index (χ4n) is 6.42. The van der Waals surface area contributed by atoms with E-state index in [1.165, 1.54) is 60.5 Å². The molecule has 0 aliphatic carbocycles. The maximum Gasteiger partial charge on any atom is 0.422 e. The second kappa shape index (κ2) is 15.4. The zero-order chi connectivity index (χ0) is 37.3. The van der Waals surface area contributed by atoms with E-state index in [0.29, 0.717) is 54.8 Å². The van der Waals surface area contributed by atoms with Gasteiger partial charge in [-0.1, -0.05) is 29.4 Å². The monoisotopic (exact) mass is 786 g/mol. The number of hydrogen-bond donors (Lipinski definition) is 1. The molecule has 0 bridgehead atoms. The van der Waals surface area contributed by atoms with Gasteiger partial charge in [0.25, 0.3) is 0 Å². The molecule has 0 saturated carbocycles. The number of methoxy groups -OCH3 is 1. The molecule has 10 nitrogen and oxygen atoms in total. The molecule has 4 aromatic rings. The number of rotatable bonds is 10. The van der Waals surface area contributed by atoms with Crippen molar-refractivity contribution in [3.63, 3.8) is 0 Å². The number of hydrogen-bond acceptors (Lipinski definition) is 10. The Kier molecular flexibility index (Phi) is 10.7. The predicted molar refractivity (Wildman–Crippen MR) is 193 cm³/mol. The summed E-state index contributed by atoms with van der Waals surface area (Å²) in [6, 6.07) is 16.8. The summed E-state index contributed by atoms with van der Waals surface area (Å²) in [5, 5.41) is 5.86. The third-order valence-electron chi connectivity index (χ3n) is 8.85. The average molecular weight is 787 g/mol. The summed E-state index contributed by atoms with van der Waals surface area (Å²) in [7, 11) is 1.29. The van der Waals surface area contributed by atoms with Crippen molar-refractivity contribution < 1.29 is 36.6 Å². The van der Waals surface area contributed by atoms with Crippen molar-refractivity contribution >= 4 is 58.2 Å². The number of amides is 2. The lowest BCUT2D eigenvalue weighted by Gasteiger charge is -2.38. The smallest absolute Gasteiger partial charge is 0.422 e. The number of fused-ring (bicyclic) bond motifs is 1. The van der Waals surface area contributed by atoms with Gasteiger partial charge in [0.15, 0.2) is 17.5 Å². The van der Waals surface area contributed by atoms with Gasteiger partial charge in [0.1, 0.15) is 17.6 Å². The first-order valence-electron chi connectivity index (χ1n) is 16.3. The molecule has 4 heterocycles. The minimum atomic E-state index is -4.41. The predicted octanol–water partition coefficient (Wildman–Crippen LogP) is 7.17. The highest BCUT2D eigenvalue weighted by atomic mass is 35.5. The molecule has 7 rings (SSSR count). The van der Waals surface area contributed by atoms with Gasteiger partial charge >= 0.3 is 18.2 Å². The van der Waals surface area contributed by atoms with Crippen LogP contribution in [0.4, 0.5) is 28.0 Å². The number of halogens is 5. The number of urea groups is 1. The normalized spacial score (nSPS) is 19.2. The van der Waals surface area contributed by atoms with Crippen LogP contribution >= 0.6 is 34.7 Å². The van der Waals surface area contributed by atoms with Gasteiger partial charge in [0, 0.05) is 76.1 Å². The minimum absolute atomic E-state index is 0.0982. The molecule has 2 amide bonds. The largest absolute Gasteiger partial charge is 0.484 e. The van der Waals surface area contributed by atoms with Crippen molar-refractivity contribution in [2.75, 3.05) is 51.3 Å². The summed E-state index contributed by atoms with van der Waals surface area (Å²) in [6.45, 7) is 0.956. The molecule has 1 N–H and O–H groups in total. The SMILES string of the molecule is COC(=O)C1=C(CN2CCN3C(=O)N(c4ccc(Sc5ccc(OCC(F)(F)F)cc5)cc4)C[C@@H]3C2)NC(c2nccs2)=N[C@H]1c1ccc(F)cc1Cl. The van der Waals surface area contributed by atoms with Gasteiger partial charge in [-0.05, 0) is 60.7 Å². The van der Waals surface area contributed by atoms with E-state index >= 15 is 0 Å². The number of amidine groups is 1. The number of aliphatic imine (C=N–C) groups is 1. The summed E-state index contributed by atoms with van der Waals surface area (Å²) in [5.74, 6) is -0.538. The molecule has 276 valence electrons. The van der Waals surface area contributed by atoms with Crippen LogP contribution in [0.2, 0.25) is 5.02 Å². The third-order valence-corrected chi connectivity index (χ3v) is 11.0. The lowest BCUT2D eigenvalue weighted by Crippen LogP contribution is -2.53. The number of benzene rings is 3. The second-order valence-electron chi connectivity index (χ2n) is 12.3. The summed E-state index contributed by atoms with van der Waals surface area (Å²) in [6.07, 6.45) is -2.75. The Balaban J connectivity index is 1.05. The van der Waals surface area contributed by atoms with Crippen molar-refractivity contribution in [1.82, 2.24) is 20.1 Å². The highest BCUT2D eigenvalue weighted by Crippen LogP contribution is 2.38. The van der Waals surface area contributed by atoms with Crippen molar-refractivity contribution in [2.45, 2.75) is 28.1 Å². The molecule has 2 atom stereocenters. The Bertz CT molecular complexity index is 2050. The molecule has 2 saturated heterocycles. The van der Waals surface area contributed by atoms with Crippen LogP contribution in [0.25, 0.3) is 0 Å². The van der Waals surface area contributed by atoms with Crippen LogP contribution in [0, 0.1) is 5.82 Å². The van der Waals surface area contributed by atoms with Crippen molar-refractivity contribution in [2.24, 2.45) is 4.99 Å². The fraction of sp³-hybridized carbons (Fsp3) is 0.278. The highest BCUT2D eigenvalue weighted by molar-refractivity contribution is 7.99. The Morgan fingerprint density at radius 2 is 1.79 bits per heavy atom. The summed E-state index contributed by atoms with van der Waals surface area (Å²) in [4.78, 5) is 43.6. The van der Waals surface area contributed by atoms with Gasteiger partial charge in [-0.25, -0.2) is 19.0 Å². The molecule has 2 fully saturated rings. The maximum atomic E-state index is 14.0. The van der Waals surface area contributed by atoms with Crippen LogP contribution in [0.1, 0.15) is 16.6 Å². The van der Waals surface area contributed by atoms with E-state index in [2.05, 4.69) is 15.2 Å². The van der Waals surface area contributed by atoms with Gasteiger partial charge in [0.2, 0.25) is 0 Å². The van der Waals surface area contributed by atoms with Gasteiger partial charge in [-0.15, -0.1) is 11.3 Å². The standard InChI is InChI=1S/C36H31ClF4N6O4S2/c1-50-34(48)30-29(43-32(33-42-12-15-52-33)44-31(30)27-11-2-21(38)16-28(27)37)19-45-13-14-46-23(17-45)18-47(35(46)49)22-3-7-25(8-4-22)53-26-9-5-24(6-10-26)51-20-36(39,40)41/h2-12,15-16,23,31H,13-14,17-20H2,1H3,(H,43,44)/t23-,31-/m0/s1. The van der Waals surface area contributed by atoms with Crippen molar-refractivity contribution in [3.8, 4) is 5.75 Å². The van der Waals surface area contributed by atoms with E-state index < -0.39 is 30.6 Å². The van der Waals surface area contributed by atoms with Crippen LogP contribution in [0.5, 0.6) is 5.75 Å². The number of nitrogens with one attached hydrogen (secondary N) is 1. The number of thiazole rings is 1. The molecule has 0 unspecified atom stereocenters. The molecule has 3 aliphatic heterocycles. The average Bonchev–Trinajstić information content (AvgIpc) is 3.79. The summed E-state index contributed by atoms with van der Waals surface area (Å²) in [5.41, 5.74) is 1.98. The number of carbonyl (C=O) groups is 2. The van der Waals surface area contributed by atoms with Crippen molar-refractivity contribution in [3.05, 3.63) is 111 Å². The lowest BCUT2D eigenvalue weighted by molar-refractivity contribution is -0.153. The molecular formula is C36H31ClF4N6O4S2. The van der Waals surface area contributed by atoms with Gasteiger partial charge in [-0.2, -0.15) is 13.2 Å². The first-order chi connectivity index (χ1) is 25.5. The topological polar surface area (TPSA) is 99.6 Å². The first kappa shape index (κ1) is 36.7. The second-order valence-corrected chi connectivity index (χ2v) is 14.8. The molecule has 17 heteroatoms. The van der Waals surface area contributed by atoms with Crippen LogP contribution in [0.3, 0.4) is 0 Å². The fourth-order valence-corrected chi connectivity index (χ4v) is 8.10. The van der Waals surface area contributed by atoms with Crippen LogP contribution < -0.4 is 15.0 Å². The Morgan fingerprint density at radius 1 is 1.06 bits per heavy atom. The van der Waals surface area contributed by atoms with E-state index in [9.17, 15) is 27.2 Å². The van der Waals surface area contributed by atoms with Gasteiger partial charge in [0.05, 0.1) is 18.7 Å². The lowest BCUT2D eigenvalue weighted by atomic mass is 9.95. The molecule has 1 aromatic heterocycles. The quantitative estimate of drug-likeness (QED) is 0.134. The van der Waals surface area contributed by atoms with E-state index in [0.717, 1.165) is 15.5 Å². The van der Waals surface area contributed by atoms with Crippen LogP contribution in [0.15, 0.2) is 104 Å². The first-order valence-corrected chi connectivity index (χ1v) is 18.4. The Morgan fingerprint density at radius 3 is 2.45 bits per heavy atom. The van der Waals surface area contributed by atoms with Crippen LogP contribution in [-0.4, -0.2) is 91.3 Å². The summed E-state index contributed by atoms with van der Waals surface area (Å²) < 4.78 is 61.4. The van der Waals surface area contributed by atoms with E-state index in [1.54, 1.807) is 23.2 Å². The van der Waals surface area contributed by atoms with E-state index in [-0.39, 0.29) is 28.4 Å². The number of aromatic nitrogens is 1. The maximum absolute atomic E-state index is 14.0. The number of alkyl halides is 3. The third kappa shape index (κ3) is 8.30. The molecule has 0 spiro atoms.